The first kappa shape index (κ1) is 11.5. The van der Waals surface area contributed by atoms with Crippen molar-refractivity contribution in [2.75, 3.05) is 13.1 Å². The van der Waals surface area contributed by atoms with Crippen LogP contribution in [0.25, 0.3) is 0 Å². The second kappa shape index (κ2) is 6.02. The molecule has 0 heterocycles. The Kier molecular flexibility index (Phi) is 4.94. The van der Waals surface area contributed by atoms with E-state index >= 15 is 0 Å². The van der Waals surface area contributed by atoms with Gasteiger partial charge in [-0.2, -0.15) is 0 Å². The second-order valence-corrected chi connectivity index (χ2v) is 3.99. The maximum atomic E-state index is 5.78. The lowest BCUT2D eigenvalue weighted by Gasteiger charge is -2.07. The number of nitrogens with two attached hydrogens (primary N) is 1. The van der Waals surface area contributed by atoms with E-state index in [1.54, 1.807) is 0 Å². The highest BCUT2D eigenvalue weighted by atomic mass is 35.5. The molecule has 2 nitrogen and oxygen atoms in total. The predicted octanol–water partition coefficient (Wildman–Crippen LogP) is 1.82. The summed E-state index contributed by atoms with van der Waals surface area (Å²) in [4.78, 5) is 0. The van der Waals surface area contributed by atoms with Gasteiger partial charge in [0.15, 0.2) is 0 Å². The molecule has 78 valence electrons. The third-order valence-corrected chi connectivity index (χ3v) is 2.22. The summed E-state index contributed by atoms with van der Waals surface area (Å²) in [5.74, 6) is 0. The van der Waals surface area contributed by atoms with Crippen molar-refractivity contribution in [1.82, 2.24) is 5.32 Å². The summed E-state index contributed by atoms with van der Waals surface area (Å²) in [5, 5.41) is 4.08. The average molecular weight is 213 g/mol. The Bertz CT molecular complexity index is 256. The van der Waals surface area contributed by atoms with Crippen LogP contribution in [0.4, 0.5) is 0 Å². The van der Waals surface area contributed by atoms with Crippen LogP contribution in [-0.2, 0) is 6.42 Å². The molecule has 0 aliphatic carbocycles. The van der Waals surface area contributed by atoms with Crippen LogP contribution in [0.5, 0.6) is 0 Å². The van der Waals surface area contributed by atoms with E-state index < -0.39 is 0 Å². The first-order chi connectivity index (χ1) is 6.68. The van der Waals surface area contributed by atoms with E-state index in [9.17, 15) is 0 Å². The number of rotatable bonds is 5. The number of nitrogens with one attached hydrogen (secondary N) is 1. The Balaban J connectivity index is 2.21. The molecule has 0 aliphatic heterocycles. The standard InChI is InChI=1S/C11H17ClN2/c1-9(13)8-14-7-6-10-2-4-11(12)5-3-10/h2-5,9,14H,6-8,13H2,1H3. The maximum Gasteiger partial charge on any atom is 0.0406 e. The van der Waals surface area contributed by atoms with Gasteiger partial charge in [-0.05, 0) is 37.6 Å². The largest absolute Gasteiger partial charge is 0.327 e. The lowest BCUT2D eigenvalue weighted by atomic mass is 10.1. The molecule has 0 bridgehead atoms. The van der Waals surface area contributed by atoms with Crippen molar-refractivity contribution in [3.05, 3.63) is 34.9 Å². The van der Waals surface area contributed by atoms with Crippen LogP contribution in [-0.4, -0.2) is 19.1 Å². The first-order valence-corrected chi connectivity index (χ1v) is 5.27. The van der Waals surface area contributed by atoms with E-state index in [1.165, 1.54) is 5.56 Å². The molecule has 0 aromatic heterocycles. The predicted molar refractivity (Wildman–Crippen MR) is 61.7 cm³/mol. The van der Waals surface area contributed by atoms with E-state index in [-0.39, 0.29) is 6.04 Å². The highest BCUT2D eigenvalue weighted by molar-refractivity contribution is 6.30. The molecule has 1 aromatic rings. The van der Waals surface area contributed by atoms with Gasteiger partial charge >= 0.3 is 0 Å². The zero-order valence-electron chi connectivity index (χ0n) is 8.46. The molecule has 3 heteroatoms. The lowest BCUT2D eigenvalue weighted by molar-refractivity contribution is 0.609. The Morgan fingerprint density at radius 3 is 2.57 bits per heavy atom. The Morgan fingerprint density at radius 2 is 2.00 bits per heavy atom. The molecule has 14 heavy (non-hydrogen) atoms. The minimum absolute atomic E-state index is 0.222. The van der Waals surface area contributed by atoms with Crippen molar-refractivity contribution >= 4 is 11.6 Å². The molecule has 3 N–H and O–H groups in total. The molecule has 0 saturated carbocycles. The molecule has 0 spiro atoms. The molecular weight excluding hydrogens is 196 g/mol. The molecule has 1 rings (SSSR count). The minimum Gasteiger partial charge on any atom is -0.327 e. The van der Waals surface area contributed by atoms with E-state index in [4.69, 9.17) is 17.3 Å². The third kappa shape index (κ3) is 4.61. The highest BCUT2D eigenvalue weighted by Crippen LogP contribution is 2.09. The Morgan fingerprint density at radius 1 is 1.36 bits per heavy atom. The minimum atomic E-state index is 0.222. The van der Waals surface area contributed by atoms with Crippen LogP contribution in [0.2, 0.25) is 5.02 Å². The number of hydrogen-bond acceptors (Lipinski definition) is 2. The monoisotopic (exact) mass is 212 g/mol. The first-order valence-electron chi connectivity index (χ1n) is 4.89. The quantitative estimate of drug-likeness (QED) is 0.731. The van der Waals surface area contributed by atoms with Crippen molar-refractivity contribution in [2.24, 2.45) is 5.73 Å². The van der Waals surface area contributed by atoms with Crippen molar-refractivity contribution in [2.45, 2.75) is 19.4 Å². The highest BCUT2D eigenvalue weighted by Gasteiger charge is 1.95. The fourth-order valence-electron chi connectivity index (χ4n) is 1.21. The van der Waals surface area contributed by atoms with Gasteiger partial charge in [-0.15, -0.1) is 0 Å². The molecule has 0 saturated heterocycles. The second-order valence-electron chi connectivity index (χ2n) is 3.56. The summed E-state index contributed by atoms with van der Waals surface area (Å²) < 4.78 is 0. The third-order valence-electron chi connectivity index (χ3n) is 1.97. The SMILES string of the molecule is CC(N)CNCCc1ccc(Cl)cc1. The number of halogens is 1. The van der Waals surface area contributed by atoms with Crippen molar-refractivity contribution < 1.29 is 0 Å². The summed E-state index contributed by atoms with van der Waals surface area (Å²) in [6, 6.07) is 8.16. The maximum absolute atomic E-state index is 5.78. The van der Waals surface area contributed by atoms with Gasteiger partial charge in [0.1, 0.15) is 0 Å². The van der Waals surface area contributed by atoms with Gasteiger partial charge in [-0.25, -0.2) is 0 Å². The van der Waals surface area contributed by atoms with Crippen molar-refractivity contribution in [1.29, 1.82) is 0 Å². The van der Waals surface area contributed by atoms with Gasteiger partial charge in [-0.1, -0.05) is 23.7 Å². The van der Waals surface area contributed by atoms with Gasteiger partial charge in [0.25, 0.3) is 0 Å². The molecular formula is C11H17ClN2. The fraction of sp³-hybridized carbons (Fsp3) is 0.455. The van der Waals surface area contributed by atoms with Crippen LogP contribution in [0.3, 0.4) is 0 Å². The van der Waals surface area contributed by atoms with Crippen molar-refractivity contribution in [3.8, 4) is 0 Å². The van der Waals surface area contributed by atoms with Crippen molar-refractivity contribution in [3.63, 3.8) is 0 Å². The summed E-state index contributed by atoms with van der Waals surface area (Å²) in [5.41, 5.74) is 6.91. The number of benzene rings is 1. The van der Waals surface area contributed by atoms with Gasteiger partial charge < -0.3 is 11.1 Å². The smallest absolute Gasteiger partial charge is 0.0406 e. The fourth-order valence-corrected chi connectivity index (χ4v) is 1.34. The van der Waals surface area contributed by atoms with Crippen LogP contribution >= 0.6 is 11.6 Å². The summed E-state index contributed by atoms with van der Waals surface area (Å²) in [6.45, 7) is 3.83. The van der Waals surface area contributed by atoms with Gasteiger partial charge in [0.2, 0.25) is 0 Å². The summed E-state index contributed by atoms with van der Waals surface area (Å²) in [6.07, 6.45) is 1.02. The average Bonchev–Trinajstić information content (AvgIpc) is 2.15. The topological polar surface area (TPSA) is 38.0 Å². The van der Waals surface area contributed by atoms with E-state index in [1.807, 2.05) is 19.1 Å². The number of hydrogen-bond donors (Lipinski definition) is 2. The Labute approximate surface area is 90.4 Å². The summed E-state index contributed by atoms with van der Waals surface area (Å²) in [7, 11) is 0. The molecule has 1 unspecified atom stereocenters. The van der Waals surface area contributed by atoms with E-state index in [0.29, 0.717) is 0 Å². The van der Waals surface area contributed by atoms with Gasteiger partial charge in [0, 0.05) is 17.6 Å². The zero-order valence-corrected chi connectivity index (χ0v) is 9.22. The van der Waals surface area contributed by atoms with Gasteiger partial charge in [0.05, 0.1) is 0 Å². The molecule has 0 fully saturated rings. The van der Waals surface area contributed by atoms with E-state index in [2.05, 4.69) is 17.4 Å². The van der Waals surface area contributed by atoms with Crippen LogP contribution in [0.1, 0.15) is 12.5 Å². The molecule has 1 aromatic carbocycles. The Hall–Kier alpha value is -0.570. The molecule has 0 amide bonds. The van der Waals surface area contributed by atoms with Crippen LogP contribution < -0.4 is 11.1 Å². The van der Waals surface area contributed by atoms with E-state index in [0.717, 1.165) is 24.5 Å². The summed E-state index contributed by atoms with van der Waals surface area (Å²) >= 11 is 5.78. The molecule has 0 aliphatic rings. The lowest BCUT2D eigenvalue weighted by Crippen LogP contribution is -2.32. The molecule has 1 atom stereocenters. The normalized spacial score (nSPS) is 12.8. The zero-order chi connectivity index (χ0) is 10.4. The van der Waals surface area contributed by atoms with Crippen LogP contribution in [0, 0.1) is 0 Å². The van der Waals surface area contributed by atoms with Gasteiger partial charge in [-0.3, -0.25) is 0 Å². The van der Waals surface area contributed by atoms with Crippen LogP contribution in [0.15, 0.2) is 24.3 Å². The molecule has 0 radical (unpaired) electrons.